The summed E-state index contributed by atoms with van der Waals surface area (Å²) in [4.78, 5) is 38.2. The lowest BCUT2D eigenvalue weighted by Gasteiger charge is -2.09. The highest BCUT2D eigenvalue weighted by atomic mass is 16.1. The van der Waals surface area contributed by atoms with Crippen LogP contribution in [0.3, 0.4) is 0 Å². The quantitative estimate of drug-likeness (QED) is 0.593. The topological polar surface area (TPSA) is 98.5 Å². The van der Waals surface area contributed by atoms with Crippen LogP contribution in [0.15, 0.2) is 46.2 Å². The Hall–Kier alpha value is -3.55. The normalized spacial score (nSPS) is 11.2. The molecular formula is C18H16N6O2. The van der Waals surface area contributed by atoms with E-state index in [0.717, 1.165) is 11.4 Å². The number of pyridine rings is 2. The van der Waals surface area contributed by atoms with Crippen LogP contribution in [0.4, 0.5) is 0 Å². The van der Waals surface area contributed by atoms with Crippen molar-refractivity contribution in [1.29, 1.82) is 0 Å². The Kier molecular flexibility index (Phi) is 3.54. The Morgan fingerprint density at radius 1 is 0.962 bits per heavy atom. The molecule has 0 saturated heterocycles. The zero-order valence-corrected chi connectivity index (χ0v) is 14.5. The summed E-state index contributed by atoms with van der Waals surface area (Å²) in [5.41, 5.74) is 2.62. The number of nitrogens with one attached hydrogen (secondary N) is 1. The molecule has 130 valence electrons. The number of hydrogen-bond donors (Lipinski definition) is 1. The third-order valence-electron chi connectivity index (χ3n) is 4.20. The van der Waals surface area contributed by atoms with Crippen molar-refractivity contribution >= 4 is 10.9 Å². The van der Waals surface area contributed by atoms with Gasteiger partial charge in [0.1, 0.15) is 0 Å². The van der Waals surface area contributed by atoms with Crippen molar-refractivity contribution < 1.29 is 0 Å². The van der Waals surface area contributed by atoms with Crippen LogP contribution >= 0.6 is 0 Å². The molecule has 0 aliphatic heterocycles. The second-order valence-corrected chi connectivity index (χ2v) is 6.10. The summed E-state index contributed by atoms with van der Waals surface area (Å²) in [6.07, 6.45) is 3.20. The van der Waals surface area contributed by atoms with Crippen molar-refractivity contribution in [1.82, 2.24) is 29.3 Å². The van der Waals surface area contributed by atoms with Crippen molar-refractivity contribution in [2.75, 3.05) is 0 Å². The lowest BCUT2D eigenvalue weighted by atomic mass is 10.2. The maximum absolute atomic E-state index is 13.0. The molecule has 0 amide bonds. The Morgan fingerprint density at radius 2 is 1.62 bits per heavy atom. The number of H-pyrrole nitrogens is 1. The minimum absolute atomic E-state index is 0.240. The molecule has 4 aromatic heterocycles. The average Bonchev–Trinajstić information content (AvgIpc) is 2.91. The lowest BCUT2D eigenvalue weighted by molar-refractivity contribution is 0.780. The molecule has 0 radical (unpaired) electrons. The van der Waals surface area contributed by atoms with Gasteiger partial charge in [-0.2, -0.15) is 4.68 Å². The Balaban J connectivity index is 2.04. The minimum atomic E-state index is -0.301. The van der Waals surface area contributed by atoms with Crippen LogP contribution in [0.5, 0.6) is 0 Å². The van der Waals surface area contributed by atoms with E-state index >= 15 is 0 Å². The monoisotopic (exact) mass is 348 g/mol. The lowest BCUT2D eigenvalue weighted by Crippen LogP contribution is -2.22. The molecule has 0 aliphatic rings. The molecule has 0 fully saturated rings. The van der Waals surface area contributed by atoms with Crippen LogP contribution in [-0.2, 0) is 0 Å². The van der Waals surface area contributed by atoms with E-state index in [2.05, 4.69) is 20.1 Å². The molecular weight excluding hydrogens is 332 g/mol. The van der Waals surface area contributed by atoms with E-state index < -0.39 is 0 Å². The van der Waals surface area contributed by atoms with E-state index in [1.807, 2.05) is 19.9 Å². The number of rotatable bonds is 2. The highest BCUT2D eigenvalue weighted by molar-refractivity contribution is 5.81. The number of aromatic nitrogens is 6. The van der Waals surface area contributed by atoms with Crippen LogP contribution in [0.25, 0.3) is 22.5 Å². The Bertz CT molecular complexity index is 1230. The van der Waals surface area contributed by atoms with Gasteiger partial charge in [-0.25, -0.2) is 9.97 Å². The summed E-state index contributed by atoms with van der Waals surface area (Å²) >= 11 is 0. The summed E-state index contributed by atoms with van der Waals surface area (Å²) in [7, 11) is 0. The summed E-state index contributed by atoms with van der Waals surface area (Å²) in [6, 6.07) is 6.68. The number of aryl methyl sites for hydroxylation is 3. The summed E-state index contributed by atoms with van der Waals surface area (Å²) in [5.74, 6) is 0.256. The van der Waals surface area contributed by atoms with E-state index in [-0.39, 0.29) is 17.1 Å². The Morgan fingerprint density at radius 3 is 2.27 bits per heavy atom. The molecule has 8 heteroatoms. The van der Waals surface area contributed by atoms with E-state index in [0.29, 0.717) is 22.3 Å². The van der Waals surface area contributed by atoms with E-state index in [4.69, 9.17) is 0 Å². The van der Waals surface area contributed by atoms with E-state index in [1.54, 1.807) is 31.5 Å². The number of fused-ring (bicyclic) bond motifs is 1. The predicted octanol–water partition coefficient (Wildman–Crippen LogP) is 1.58. The second-order valence-electron chi connectivity index (χ2n) is 6.10. The van der Waals surface area contributed by atoms with Gasteiger partial charge in [0.2, 0.25) is 0 Å². The van der Waals surface area contributed by atoms with Crippen LogP contribution in [0, 0.1) is 20.8 Å². The van der Waals surface area contributed by atoms with Gasteiger partial charge < -0.3 is 0 Å². The first kappa shape index (κ1) is 15.9. The van der Waals surface area contributed by atoms with Crippen molar-refractivity contribution in [2.24, 2.45) is 0 Å². The molecule has 0 bridgehead atoms. The second kappa shape index (κ2) is 5.76. The number of nitrogens with zero attached hydrogens (tertiary/aromatic N) is 5. The molecule has 4 aromatic rings. The van der Waals surface area contributed by atoms with Crippen LogP contribution < -0.4 is 11.1 Å². The molecule has 0 aliphatic carbocycles. The third kappa shape index (κ3) is 2.43. The minimum Gasteiger partial charge on any atom is -0.287 e. The van der Waals surface area contributed by atoms with Crippen molar-refractivity contribution in [2.45, 2.75) is 20.8 Å². The van der Waals surface area contributed by atoms with Gasteiger partial charge in [0, 0.05) is 35.5 Å². The van der Waals surface area contributed by atoms with Crippen LogP contribution in [0.2, 0.25) is 0 Å². The maximum atomic E-state index is 13.0. The van der Waals surface area contributed by atoms with Gasteiger partial charge in [-0.05, 0) is 39.0 Å². The van der Waals surface area contributed by atoms with Crippen LogP contribution in [-0.4, -0.2) is 29.3 Å². The smallest absolute Gasteiger partial charge is 0.283 e. The average molecular weight is 348 g/mol. The molecule has 1 N–H and O–H groups in total. The zero-order valence-electron chi connectivity index (χ0n) is 14.5. The van der Waals surface area contributed by atoms with Gasteiger partial charge in [0.25, 0.3) is 17.1 Å². The number of aromatic amines is 1. The highest BCUT2D eigenvalue weighted by Crippen LogP contribution is 2.15. The molecule has 0 unspecified atom stereocenters. The van der Waals surface area contributed by atoms with Crippen LogP contribution in [0.1, 0.15) is 17.1 Å². The molecule has 0 atom stereocenters. The molecule has 4 rings (SSSR count). The van der Waals surface area contributed by atoms with Gasteiger partial charge in [0.05, 0.1) is 16.6 Å². The highest BCUT2D eigenvalue weighted by Gasteiger charge is 2.17. The fraction of sp³-hybridized carbons (Fsp3) is 0.167. The first-order chi connectivity index (χ1) is 12.5. The Labute approximate surface area is 147 Å². The largest absolute Gasteiger partial charge is 0.287 e. The summed E-state index contributed by atoms with van der Waals surface area (Å²) in [5, 5.41) is 3.37. The maximum Gasteiger partial charge on any atom is 0.283 e. The number of hydrogen-bond acceptors (Lipinski definition) is 5. The van der Waals surface area contributed by atoms with E-state index in [9.17, 15) is 9.59 Å². The molecule has 26 heavy (non-hydrogen) atoms. The zero-order chi connectivity index (χ0) is 18.4. The first-order valence-corrected chi connectivity index (χ1v) is 8.06. The summed E-state index contributed by atoms with van der Waals surface area (Å²) < 4.78 is 2.76. The van der Waals surface area contributed by atoms with Crippen molar-refractivity contribution in [3.8, 4) is 11.6 Å². The van der Waals surface area contributed by atoms with Gasteiger partial charge in [-0.15, -0.1) is 0 Å². The predicted molar refractivity (Wildman–Crippen MR) is 97.1 cm³/mol. The molecule has 0 aromatic carbocycles. The SMILES string of the molecule is Cc1cc(C)nc(-n2[nH]c3cc(=O)n(-c4ccncc4)c(C)c3c2=O)n1. The third-order valence-corrected chi connectivity index (χ3v) is 4.20. The summed E-state index contributed by atoms with van der Waals surface area (Å²) in [6.45, 7) is 5.42. The molecule has 8 nitrogen and oxygen atoms in total. The van der Waals surface area contributed by atoms with Gasteiger partial charge in [-0.1, -0.05) is 0 Å². The van der Waals surface area contributed by atoms with Crippen molar-refractivity contribution in [3.05, 3.63) is 74.4 Å². The molecule has 4 heterocycles. The van der Waals surface area contributed by atoms with Gasteiger partial charge >= 0.3 is 0 Å². The fourth-order valence-corrected chi connectivity index (χ4v) is 3.14. The fourth-order valence-electron chi connectivity index (χ4n) is 3.14. The molecule has 0 spiro atoms. The van der Waals surface area contributed by atoms with Gasteiger partial charge in [-0.3, -0.25) is 24.2 Å². The van der Waals surface area contributed by atoms with Gasteiger partial charge in [0.15, 0.2) is 0 Å². The standard InChI is InChI=1S/C18H16N6O2/c1-10-8-11(2)21-18(20-10)24-17(26)16-12(3)23(13-4-6-19-7-5-13)15(25)9-14(16)22-24/h4-9,22H,1-3H3. The molecule has 0 saturated carbocycles. The van der Waals surface area contributed by atoms with Crippen molar-refractivity contribution in [3.63, 3.8) is 0 Å². The first-order valence-electron chi connectivity index (χ1n) is 8.06. The van der Waals surface area contributed by atoms with E-state index in [1.165, 1.54) is 15.3 Å².